The molecule has 1 rings (SSSR count). The van der Waals surface area contributed by atoms with Gasteiger partial charge >= 0.3 is 0 Å². The third-order valence-electron chi connectivity index (χ3n) is 3.49. The summed E-state index contributed by atoms with van der Waals surface area (Å²) in [5.74, 6) is 0.759. The van der Waals surface area contributed by atoms with Crippen molar-refractivity contribution >= 4 is 0 Å². The van der Waals surface area contributed by atoms with Gasteiger partial charge in [-0.1, -0.05) is 33.1 Å². The molecule has 0 saturated carbocycles. The van der Waals surface area contributed by atoms with Crippen molar-refractivity contribution < 1.29 is 4.74 Å². The monoisotopic (exact) mass is 227 g/mol. The summed E-state index contributed by atoms with van der Waals surface area (Å²) in [6.07, 6.45) is 9.24. The van der Waals surface area contributed by atoms with E-state index in [9.17, 15) is 0 Å². The number of hydrogen-bond donors (Lipinski definition) is 1. The van der Waals surface area contributed by atoms with E-state index in [1.54, 1.807) is 0 Å². The molecule has 2 atom stereocenters. The molecule has 0 aliphatic carbocycles. The molecule has 96 valence electrons. The SMILES string of the molecule is CCCCC(CCC)NCC1CCCOC1. The van der Waals surface area contributed by atoms with Gasteiger partial charge in [0.15, 0.2) is 0 Å². The second kappa shape index (κ2) is 9.00. The average molecular weight is 227 g/mol. The molecule has 1 fully saturated rings. The summed E-state index contributed by atoms with van der Waals surface area (Å²) in [6.45, 7) is 7.67. The molecule has 0 aromatic carbocycles. The van der Waals surface area contributed by atoms with Gasteiger partial charge in [0.25, 0.3) is 0 Å². The molecule has 1 saturated heterocycles. The highest BCUT2D eigenvalue weighted by Crippen LogP contribution is 2.14. The molecule has 2 heteroatoms. The van der Waals surface area contributed by atoms with Crippen LogP contribution in [0.2, 0.25) is 0 Å². The highest BCUT2D eigenvalue weighted by Gasteiger charge is 2.15. The Hall–Kier alpha value is -0.0800. The van der Waals surface area contributed by atoms with Crippen molar-refractivity contribution in [3.05, 3.63) is 0 Å². The van der Waals surface area contributed by atoms with E-state index in [0.717, 1.165) is 31.7 Å². The first-order valence-corrected chi connectivity index (χ1v) is 7.18. The molecule has 0 amide bonds. The summed E-state index contributed by atoms with van der Waals surface area (Å²) in [5.41, 5.74) is 0. The molecule has 16 heavy (non-hydrogen) atoms. The van der Waals surface area contributed by atoms with Crippen molar-refractivity contribution in [2.24, 2.45) is 5.92 Å². The lowest BCUT2D eigenvalue weighted by molar-refractivity contribution is 0.0535. The van der Waals surface area contributed by atoms with E-state index in [1.807, 2.05) is 0 Å². The van der Waals surface area contributed by atoms with E-state index in [2.05, 4.69) is 19.2 Å². The maximum atomic E-state index is 5.52. The molecule has 0 bridgehead atoms. The van der Waals surface area contributed by atoms with E-state index < -0.39 is 0 Å². The Labute approximate surface area is 101 Å². The van der Waals surface area contributed by atoms with Gasteiger partial charge in [0.1, 0.15) is 0 Å². The molecule has 1 N–H and O–H groups in total. The first-order valence-electron chi connectivity index (χ1n) is 7.18. The largest absolute Gasteiger partial charge is 0.381 e. The van der Waals surface area contributed by atoms with Crippen LogP contribution in [0.15, 0.2) is 0 Å². The van der Waals surface area contributed by atoms with Crippen LogP contribution in [-0.2, 0) is 4.74 Å². The van der Waals surface area contributed by atoms with Crippen molar-refractivity contribution in [3.63, 3.8) is 0 Å². The zero-order valence-corrected chi connectivity index (χ0v) is 11.1. The van der Waals surface area contributed by atoms with Gasteiger partial charge in [-0.15, -0.1) is 0 Å². The zero-order chi connectivity index (χ0) is 11.6. The van der Waals surface area contributed by atoms with Crippen LogP contribution in [0, 0.1) is 5.92 Å². The summed E-state index contributed by atoms with van der Waals surface area (Å²) in [6, 6.07) is 0.742. The third kappa shape index (κ3) is 5.86. The summed E-state index contributed by atoms with van der Waals surface area (Å²) in [5, 5.41) is 3.75. The van der Waals surface area contributed by atoms with Crippen LogP contribution >= 0.6 is 0 Å². The molecule has 0 radical (unpaired) electrons. The smallest absolute Gasteiger partial charge is 0.0506 e. The van der Waals surface area contributed by atoms with Crippen LogP contribution < -0.4 is 5.32 Å². The van der Waals surface area contributed by atoms with Crippen LogP contribution in [-0.4, -0.2) is 25.8 Å². The topological polar surface area (TPSA) is 21.3 Å². The molecule has 2 unspecified atom stereocenters. The van der Waals surface area contributed by atoms with Crippen LogP contribution in [0.3, 0.4) is 0 Å². The minimum atomic E-state index is 0.742. The predicted molar refractivity (Wildman–Crippen MR) is 69.8 cm³/mol. The molecular formula is C14H29NO. The van der Waals surface area contributed by atoms with Gasteiger partial charge < -0.3 is 10.1 Å². The van der Waals surface area contributed by atoms with Crippen LogP contribution in [0.4, 0.5) is 0 Å². The van der Waals surface area contributed by atoms with Gasteiger partial charge in [0, 0.05) is 19.2 Å². The molecular weight excluding hydrogens is 198 g/mol. The lowest BCUT2D eigenvalue weighted by atomic mass is 10.00. The van der Waals surface area contributed by atoms with Gasteiger partial charge in [0.05, 0.1) is 6.61 Å². The summed E-state index contributed by atoms with van der Waals surface area (Å²) >= 11 is 0. The number of rotatable bonds is 8. The fraction of sp³-hybridized carbons (Fsp3) is 1.00. The van der Waals surface area contributed by atoms with Gasteiger partial charge in [-0.3, -0.25) is 0 Å². The Morgan fingerprint density at radius 2 is 2.12 bits per heavy atom. The molecule has 0 aromatic heterocycles. The van der Waals surface area contributed by atoms with Crippen molar-refractivity contribution in [2.45, 2.75) is 64.8 Å². The van der Waals surface area contributed by atoms with Crippen molar-refractivity contribution in [3.8, 4) is 0 Å². The molecule has 0 spiro atoms. The van der Waals surface area contributed by atoms with E-state index in [-0.39, 0.29) is 0 Å². The third-order valence-corrected chi connectivity index (χ3v) is 3.49. The predicted octanol–water partition coefficient (Wildman–Crippen LogP) is 3.36. The van der Waals surface area contributed by atoms with E-state index >= 15 is 0 Å². The normalized spacial score (nSPS) is 23.2. The van der Waals surface area contributed by atoms with Crippen LogP contribution in [0.1, 0.15) is 58.8 Å². The Morgan fingerprint density at radius 1 is 1.25 bits per heavy atom. The fourth-order valence-electron chi connectivity index (χ4n) is 2.45. The number of nitrogens with one attached hydrogen (secondary N) is 1. The standard InChI is InChI=1S/C14H29NO/c1-3-5-9-14(7-4-2)15-11-13-8-6-10-16-12-13/h13-15H,3-12H2,1-2H3. The first-order chi connectivity index (χ1) is 7.86. The minimum absolute atomic E-state index is 0.742. The van der Waals surface area contributed by atoms with Gasteiger partial charge in [-0.2, -0.15) is 0 Å². The Bertz CT molecular complexity index is 155. The molecule has 1 aliphatic heterocycles. The Morgan fingerprint density at radius 3 is 2.75 bits per heavy atom. The molecule has 1 heterocycles. The maximum absolute atomic E-state index is 5.52. The van der Waals surface area contributed by atoms with E-state index in [0.29, 0.717) is 0 Å². The van der Waals surface area contributed by atoms with Crippen molar-refractivity contribution in [2.75, 3.05) is 19.8 Å². The average Bonchev–Trinajstić information content (AvgIpc) is 2.34. The maximum Gasteiger partial charge on any atom is 0.0506 e. The number of ether oxygens (including phenoxy) is 1. The molecule has 2 nitrogen and oxygen atoms in total. The summed E-state index contributed by atoms with van der Waals surface area (Å²) < 4.78 is 5.52. The fourth-order valence-corrected chi connectivity index (χ4v) is 2.45. The van der Waals surface area contributed by atoms with E-state index in [1.165, 1.54) is 44.9 Å². The summed E-state index contributed by atoms with van der Waals surface area (Å²) in [4.78, 5) is 0. The Kier molecular flexibility index (Phi) is 7.87. The second-order valence-electron chi connectivity index (χ2n) is 5.12. The lowest BCUT2D eigenvalue weighted by Crippen LogP contribution is -2.36. The van der Waals surface area contributed by atoms with Crippen molar-refractivity contribution in [1.29, 1.82) is 0 Å². The van der Waals surface area contributed by atoms with E-state index in [4.69, 9.17) is 4.74 Å². The number of hydrogen-bond acceptors (Lipinski definition) is 2. The highest BCUT2D eigenvalue weighted by molar-refractivity contribution is 4.71. The Balaban J connectivity index is 2.14. The van der Waals surface area contributed by atoms with Crippen molar-refractivity contribution in [1.82, 2.24) is 5.32 Å². The highest BCUT2D eigenvalue weighted by atomic mass is 16.5. The first kappa shape index (κ1) is 14.0. The van der Waals surface area contributed by atoms with Gasteiger partial charge in [0.2, 0.25) is 0 Å². The molecule has 0 aromatic rings. The zero-order valence-electron chi connectivity index (χ0n) is 11.1. The van der Waals surface area contributed by atoms with Gasteiger partial charge in [-0.25, -0.2) is 0 Å². The second-order valence-corrected chi connectivity index (χ2v) is 5.12. The van der Waals surface area contributed by atoms with Gasteiger partial charge in [-0.05, 0) is 31.6 Å². The van der Waals surface area contributed by atoms with Crippen LogP contribution in [0.5, 0.6) is 0 Å². The molecule has 1 aliphatic rings. The van der Waals surface area contributed by atoms with Crippen LogP contribution in [0.25, 0.3) is 0 Å². The summed E-state index contributed by atoms with van der Waals surface area (Å²) in [7, 11) is 0. The lowest BCUT2D eigenvalue weighted by Gasteiger charge is -2.25. The number of unbranched alkanes of at least 4 members (excludes halogenated alkanes) is 1. The quantitative estimate of drug-likeness (QED) is 0.686. The minimum Gasteiger partial charge on any atom is -0.381 e.